The molecule has 1 amide bonds. The van der Waals surface area contributed by atoms with Crippen molar-refractivity contribution in [3.05, 3.63) is 0 Å². The van der Waals surface area contributed by atoms with E-state index in [2.05, 4.69) is 6.92 Å². The Hall–Kier alpha value is -0.460. The van der Waals surface area contributed by atoms with Crippen LogP contribution in [0.25, 0.3) is 0 Å². The van der Waals surface area contributed by atoms with E-state index < -0.39 is 5.60 Å². The monoisotopic (exact) mass is 333 g/mol. The van der Waals surface area contributed by atoms with Crippen LogP contribution in [0, 0.1) is 17.8 Å². The molecule has 130 valence electrons. The molecule has 0 bridgehead atoms. The van der Waals surface area contributed by atoms with Gasteiger partial charge in [0.2, 0.25) is 0 Å². The second-order valence-electron chi connectivity index (χ2n) is 7.28. The molecule has 1 aliphatic carbocycles. The Labute approximate surface area is 138 Å². The van der Waals surface area contributed by atoms with Crippen molar-refractivity contribution in [2.75, 3.05) is 26.5 Å². The van der Waals surface area contributed by atoms with Gasteiger partial charge in [0.25, 0.3) is 0 Å². The third-order valence-corrected chi connectivity index (χ3v) is 5.71. The average Bonchev–Trinajstić information content (AvgIpc) is 2.43. The number of carbonyl (C=O) groups excluding carboxylic acids is 1. The number of amides is 1. The minimum absolute atomic E-state index is 0.00412. The van der Waals surface area contributed by atoms with E-state index >= 15 is 0 Å². The van der Waals surface area contributed by atoms with E-state index in [1.54, 1.807) is 23.7 Å². The maximum atomic E-state index is 12.4. The Morgan fingerprint density at radius 2 is 1.91 bits per heavy atom. The van der Waals surface area contributed by atoms with Crippen LogP contribution in [0.5, 0.6) is 0 Å². The molecule has 5 atom stereocenters. The fourth-order valence-corrected chi connectivity index (χ4v) is 4.78. The van der Waals surface area contributed by atoms with E-state index in [-0.39, 0.29) is 48.4 Å². The zero-order chi connectivity index (χ0) is 17.1. The van der Waals surface area contributed by atoms with E-state index in [4.69, 9.17) is 4.74 Å². The lowest BCUT2D eigenvalue weighted by atomic mass is 9.71. The number of aliphatic hydroxyl groups excluding tert-OH is 2. The first kappa shape index (κ1) is 19.6. The van der Waals surface area contributed by atoms with Crippen molar-refractivity contribution in [2.45, 2.75) is 51.0 Å². The Kier molecular flexibility index (Phi) is 7.02. The van der Waals surface area contributed by atoms with Gasteiger partial charge in [-0.05, 0) is 45.3 Å². The molecule has 2 N–H and O–H groups in total. The standard InChI is InChI=1S/C16H31NO4S/c1-10-7-11(8-18)14(22-6)12(9-19)13(10)17(5)15(20)21-16(2,3)4/h10-14,18-19H,7-9H2,1-6H3. The maximum absolute atomic E-state index is 12.4. The van der Waals surface area contributed by atoms with Crippen molar-refractivity contribution in [2.24, 2.45) is 17.8 Å². The summed E-state index contributed by atoms with van der Waals surface area (Å²) in [6.45, 7) is 7.74. The third-order valence-electron chi connectivity index (χ3n) is 4.43. The fraction of sp³-hybridized carbons (Fsp3) is 0.938. The Morgan fingerprint density at radius 1 is 1.32 bits per heavy atom. The van der Waals surface area contributed by atoms with Gasteiger partial charge in [0.15, 0.2) is 0 Å². The van der Waals surface area contributed by atoms with E-state index in [0.29, 0.717) is 0 Å². The zero-order valence-electron chi connectivity index (χ0n) is 14.6. The summed E-state index contributed by atoms with van der Waals surface area (Å²) < 4.78 is 5.47. The molecule has 0 aromatic rings. The number of ether oxygens (including phenoxy) is 1. The predicted octanol–water partition coefficient (Wildman–Crippen LogP) is 2.21. The molecule has 0 heterocycles. The number of rotatable bonds is 4. The second-order valence-corrected chi connectivity index (χ2v) is 8.30. The minimum Gasteiger partial charge on any atom is -0.444 e. The molecule has 0 saturated heterocycles. The summed E-state index contributed by atoms with van der Waals surface area (Å²) >= 11 is 1.66. The number of hydrogen-bond acceptors (Lipinski definition) is 5. The van der Waals surface area contributed by atoms with Crippen LogP contribution in [0.3, 0.4) is 0 Å². The Morgan fingerprint density at radius 3 is 2.32 bits per heavy atom. The van der Waals surface area contributed by atoms with Crippen molar-refractivity contribution in [1.82, 2.24) is 4.90 Å². The molecule has 0 aliphatic heterocycles. The highest BCUT2D eigenvalue weighted by Crippen LogP contribution is 2.41. The maximum Gasteiger partial charge on any atom is 0.410 e. The van der Waals surface area contributed by atoms with Crippen molar-refractivity contribution >= 4 is 17.9 Å². The van der Waals surface area contributed by atoms with Crippen molar-refractivity contribution in [3.8, 4) is 0 Å². The van der Waals surface area contributed by atoms with Gasteiger partial charge in [0.1, 0.15) is 5.60 Å². The molecule has 22 heavy (non-hydrogen) atoms. The smallest absolute Gasteiger partial charge is 0.410 e. The number of thioether (sulfide) groups is 1. The lowest BCUT2D eigenvalue weighted by Crippen LogP contribution is -2.56. The van der Waals surface area contributed by atoms with Gasteiger partial charge in [-0.2, -0.15) is 11.8 Å². The van der Waals surface area contributed by atoms with E-state index in [0.717, 1.165) is 6.42 Å². The lowest BCUT2D eigenvalue weighted by molar-refractivity contribution is -0.0151. The molecule has 5 nitrogen and oxygen atoms in total. The van der Waals surface area contributed by atoms with Gasteiger partial charge < -0.3 is 19.8 Å². The van der Waals surface area contributed by atoms with Gasteiger partial charge in [-0.15, -0.1) is 0 Å². The summed E-state index contributed by atoms with van der Waals surface area (Å²) in [4.78, 5) is 14.0. The Bertz CT molecular complexity index is 372. The van der Waals surface area contributed by atoms with E-state index in [1.807, 2.05) is 27.0 Å². The van der Waals surface area contributed by atoms with Crippen molar-refractivity contribution in [1.29, 1.82) is 0 Å². The van der Waals surface area contributed by atoms with Crippen LogP contribution in [0.4, 0.5) is 4.79 Å². The topological polar surface area (TPSA) is 70.0 Å². The predicted molar refractivity (Wildman–Crippen MR) is 90.0 cm³/mol. The van der Waals surface area contributed by atoms with Crippen LogP contribution in [0.2, 0.25) is 0 Å². The SMILES string of the molecule is CSC1C(CO)CC(C)C(N(C)C(=O)OC(C)(C)C)C1CO. The fourth-order valence-electron chi connectivity index (χ4n) is 3.60. The normalized spacial score (nSPS) is 32.6. The minimum atomic E-state index is -0.537. The van der Waals surface area contributed by atoms with Crippen molar-refractivity contribution in [3.63, 3.8) is 0 Å². The summed E-state index contributed by atoms with van der Waals surface area (Å²) in [5.41, 5.74) is -0.537. The van der Waals surface area contributed by atoms with Gasteiger partial charge in [-0.1, -0.05) is 6.92 Å². The summed E-state index contributed by atoms with van der Waals surface area (Å²) in [7, 11) is 1.74. The highest BCUT2D eigenvalue weighted by molar-refractivity contribution is 7.99. The molecule has 1 rings (SSSR count). The molecule has 1 aliphatic rings. The Balaban J connectivity index is 2.96. The van der Waals surface area contributed by atoms with Gasteiger partial charge in [0, 0.05) is 37.5 Å². The van der Waals surface area contributed by atoms with Crippen LogP contribution in [0.15, 0.2) is 0 Å². The summed E-state index contributed by atoms with van der Waals surface area (Å²) in [6, 6.07) is -0.0832. The first-order valence-corrected chi connectivity index (χ1v) is 9.15. The molecule has 0 radical (unpaired) electrons. The molecular formula is C16H31NO4S. The summed E-state index contributed by atoms with van der Waals surface area (Å²) in [6.07, 6.45) is 2.48. The van der Waals surface area contributed by atoms with Crippen molar-refractivity contribution < 1.29 is 19.7 Å². The second kappa shape index (κ2) is 7.88. The number of hydrogen-bond donors (Lipinski definition) is 2. The lowest BCUT2D eigenvalue weighted by Gasteiger charge is -2.48. The number of aliphatic hydroxyl groups is 2. The van der Waals surface area contributed by atoms with Crippen LogP contribution < -0.4 is 0 Å². The molecule has 1 saturated carbocycles. The zero-order valence-corrected chi connectivity index (χ0v) is 15.4. The highest BCUT2D eigenvalue weighted by atomic mass is 32.2. The summed E-state index contributed by atoms with van der Waals surface area (Å²) in [5.74, 6) is 0.300. The van der Waals surface area contributed by atoms with Gasteiger partial charge in [-0.25, -0.2) is 4.79 Å². The van der Waals surface area contributed by atoms with Gasteiger partial charge in [0.05, 0.1) is 0 Å². The molecule has 1 fully saturated rings. The van der Waals surface area contributed by atoms with E-state index in [9.17, 15) is 15.0 Å². The van der Waals surface area contributed by atoms with Crippen LogP contribution in [-0.2, 0) is 4.74 Å². The molecule has 0 aromatic heterocycles. The first-order valence-electron chi connectivity index (χ1n) is 7.86. The van der Waals surface area contributed by atoms with E-state index in [1.165, 1.54) is 0 Å². The first-order chi connectivity index (χ1) is 10.2. The number of nitrogens with zero attached hydrogens (tertiary/aromatic N) is 1. The molecule has 5 unspecified atom stereocenters. The van der Waals surface area contributed by atoms with Crippen LogP contribution in [0.1, 0.15) is 34.1 Å². The third kappa shape index (κ3) is 4.52. The molecular weight excluding hydrogens is 302 g/mol. The van der Waals surface area contributed by atoms with Gasteiger partial charge >= 0.3 is 6.09 Å². The van der Waals surface area contributed by atoms with Crippen LogP contribution >= 0.6 is 11.8 Å². The largest absolute Gasteiger partial charge is 0.444 e. The van der Waals surface area contributed by atoms with Crippen LogP contribution in [-0.4, -0.2) is 64.6 Å². The number of carbonyl (C=O) groups is 1. The van der Waals surface area contributed by atoms with Gasteiger partial charge in [-0.3, -0.25) is 0 Å². The average molecular weight is 333 g/mol. The summed E-state index contributed by atoms with van der Waals surface area (Å²) in [5, 5.41) is 19.6. The highest BCUT2D eigenvalue weighted by Gasteiger charge is 2.45. The quantitative estimate of drug-likeness (QED) is 0.825. The molecule has 0 aromatic carbocycles. The molecule has 6 heteroatoms. The molecule has 0 spiro atoms.